The minimum absolute atomic E-state index is 0.747. The fraction of sp³-hybridized carbons (Fsp3) is 0.250. The van der Waals surface area contributed by atoms with Crippen LogP contribution in [0.5, 0.6) is 0 Å². The van der Waals surface area contributed by atoms with Crippen molar-refractivity contribution >= 4 is 23.2 Å². The van der Waals surface area contributed by atoms with Crippen LogP contribution in [0, 0.1) is 0 Å². The molecule has 1 aliphatic rings. The van der Waals surface area contributed by atoms with Crippen LogP contribution in [0.25, 0.3) is 11.3 Å². The van der Waals surface area contributed by atoms with Gasteiger partial charge >= 0.3 is 0 Å². The summed E-state index contributed by atoms with van der Waals surface area (Å²) in [6, 6.07) is 15.9. The average molecular weight is 372 g/mol. The van der Waals surface area contributed by atoms with E-state index in [0.29, 0.717) is 0 Å². The van der Waals surface area contributed by atoms with E-state index in [-0.39, 0.29) is 0 Å². The van der Waals surface area contributed by atoms with Gasteiger partial charge in [0.25, 0.3) is 0 Å². The fourth-order valence-electron chi connectivity index (χ4n) is 3.35. The summed E-state index contributed by atoms with van der Waals surface area (Å²) in [4.78, 5) is 0. The third kappa shape index (κ3) is 3.59. The van der Waals surface area contributed by atoms with Crippen LogP contribution in [0.3, 0.4) is 0 Å². The zero-order valence-corrected chi connectivity index (χ0v) is 15.3. The van der Waals surface area contributed by atoms with Crippen LogP contribution >= 0.6 is 23.2 Å². The summed E-state index contributed by atoms with van der Waals surface area (Å²) in [5.41, 5.74) is 6.07. The lowest BCUT2D eigenvalue weighted by Gasteiger charge is -2.07. The molecule has 0 spiro atoms. The highest BCUT2D eigenvalue weighted by molar-refractivity contribution is 6.30. The van der Waals surface area contributed by atoms with Crippen molar-refractivity contribution in [3.05, 3.63) is 75.4 Å². The highest BCUT2D eigenvalue weighted by atomic mass is 35.5. The van der Waals surface area contributed by atoms with E-state index in [9.17, 15) is 0 Å². The maximum atomic E-state index is 6.05. The number of nitrogens with one attached hydrogen (secondary N) is 1. The third-order valence-electron chi connectivity index (χ3n) is 4.62. The van der Waals surface area contributed by atoms with Crippen molar-refractivity contribution in [2.75, 3.05) is 13.1 Å². The summed E-state index contributed by atoms with van der Waals surface area (Å²) in [7, 11) is 0. The number of nitrogens with zero attached hydrogens (tertiary/aromatic N) is 2. The van der Waals surface area contributed by atoms with E-state index < -0.39 is 0 Å². The minimum atomic E-state index is 0.747. The van der Waals surface area contributed by atoms with Gasteiger partial charge < -0.3 is 5.32 Å². The van der Waals surface area contributed by atoms with Gasteiger partial charge in [-0.3, -0.25) is 4.68 Å². The molecule has 0 atom stereocenters. The molecule has 0 radical (unpaired) electrons. The molecular formula is C20H19Cl2N3. The summed E-state index contributed by atoms with van der Waals surface area (Å²) in [5, 5.41) is 9.96. The average Bonchev–Trinajstić information content (AvgIpc) is 2.80. The molecule has 1 N–H and O–H groups in total. The molecule has 1 aromatic heterocycles. The molecule has 5 heteroatoms. The van der Waals surface area contributed by atoms with Crippen molar-refractivity contribution < 1.29 is 0 Å². The van der Waals surface area contributed by atoms with E-state index in [2.05, 4.69) is 34.3 Å². The Labute approximate surface area is 157 Å². The molecule has 4 rings (SSSR count). The van der Waals surface area contributed by atoms with Crippen molar-refractivity contribution in [1.29, 1.82) is 0 Å². The Kier molecular flexibility index (Phi) is 4.80. The number of halogens is 2. The summed E-state index contributed by atoms with van der Waals surface area (Å²) >= 11 is 12.1. The van der Waals surface area contributed by atoms with Gasteiger partial charge in [0.05, 0.1) is 12.2 Å². The van der Waals surface area contributed by atoms with Gasteiger partial charge in [-0.25, -0.2) is 0 Å². The van der Waals surface area contributed by atoms with Crippen LogP contribution in [0.15, 0.2) is 48.5 Å². The molecule has 0 unspecified atom stereocenters. The predicted octanol–water partition coefficient (Wildman–Crippen LogP) is 4.59. The quantitative estimate of drug-likeness (QED) is 0.729. The first-order valence-electron chi connectivity index (χ1n) is 8.50. The fourth-order valence-corrected chi connectivity index (χ4v) is 3.61. The Bertz CT molecular complexity index is 867. The minimum Gasteiger partial charge on any atom is -0.316 e. The lowest BCUT2D eigenvalue weighted by Crippen LogP contribution is -2.17. The number of hydrogen-bond donors (Lipinski definition) is 1. The molecule has 25 heavy (non-hydrogen) atoms. The van der Waals surface area contributed by atoms with E-state index >= 15 is 0 Å². The van der Waals surface area contributed by atoms with E-state index in [0.717, 1.165) is 53.8 Å². The SMILES string of the molecule is Clc1ccc(Cn2nc(-c3ccc(Cl)cc3)c3c2CCNCC3)cc1. The van der Waals surface area contributed by atoms with Crippen LogP contribution in [0.4, 0.5) is 0 Å². The molecular weight excluding hydrogens is 353 g/mol. The first kappa shape index (κ1) is 16.6. The topological polar surface area (TPSA) is 29.9 Å². The molecule has 128 valence electrons. The number of benzene rings is 2. The molecule has 3 aromatic rings. The number of fused-ring (bicyclic) bond motifs is 1. The van der Waals surface area contributed by atoms with E-state index in [4.69, 9.17) is 28.3 Å². The van der Waals surface area contributed by atoms with Gasteiger partial charge in [0.2, 0.25) is 0 Å². The molecule has 0 aliphatic carbocycles. The van der Waals surface area contributed by atoms with Gasteiger partial charge in [-0.2, -0.15) is 5.10 Å². The Balaban J connectivity index is 1.76. The zero-order valence-electron chi connectivity index (χ0n) is 13.8. The normalized spacial score (nSPS) is 14.2. The summed E-state index contributed by atoms with van der Waals surface area (Å²) in [6.07, 6.45) is 1.98. The van der Waals surface area contributed by atoms with Gasteiger partial charge in [-0.15, -0.1) is 0 Å². The second-order valence-corrected chi connectivity index (χ2v) is 7.19. The van der Waals surface area contributed by atoms with Crippen molar-refractivity contribution in [1.82, 2.24) is 15.1 Å². The zero-order chi connectivity index (χ0) is 17.2. The Morgan fingerprint density at radius 2 is 1.52 bits per heavy atom. The third-order valence-corrected chi connectivity index (χ3v) is 5.12. The van der Waals surface area contributed by atoms with Crippen molar-refractivity contribution in [2.45, 2.75) is 19.4 Å². The van der Waals surface area contributed by atoms with Gasteiger partial charge in [-0.1, -0.05) is 47.5 Å². The molecule has 0 saturated carbocycles. The Morgan fingerprint density at radius 3 is 2.24 bits per heavy atom. The van der Waals surface area contributed by atoms with Crippen LogP contribution in [-0.2, 0) is 19.4 Å². The monoisotopic (exact) mass is 371 g/mol. The smallest absolute Gasteiger partial charge is 0.0958 e. The number of hydrogen-bond acceptors (Lipinski definition) is 2. The summed E-state index contributed by atoms with van der Waals surface area (Å²) < 4.78 is 2.15. The second kappa shape index (κ2) is 7.20. The van der Waals surface area contributed by atoms with Crippen LogP contribution < -0.4 is 5.32 Å². The molecule has 0 bridgehead atoms. The van der Waals surface area contributed by atoms with Crippen LogP contribution in [0.2, 0.25) is 10.0 Å². The van der Waals surface area contributed by atoms with Crippen molar-refractivity contribution in [3.8, 4) is 11.3 Å². The first-order valence-corrected chi connectivity index (χ1v) is 9.26. The molecule has 2 heterocycles. The van der Waals surface area contributed by atoms with Gasteiger partial charge in [0.1, 0.15) is 0 Å². The van der Waals surface area contributed by atoms with E-state index in [1.807, 2.05) is 24.3 Å². The maximum absolute atomic E-state index is 6.05. The highest BCUT2D eigenvalue weighted by Crippen LogP contribution is 2.29. The molecule has 0 saturated heterocycles. The predicted molar refractivity (Wildman–Crippen MR) is 104 cm³/mol. The maximum Gasteiger partial charge on any atom is 0.0958 e. The van der Waals surface area contributed by atoms with Gasteiger partial charge in [0, 0.05) is 39.8 Å². The van der Waals surface area contributed by atoms with E-state index in [1.54, 1.807) is 0 Å². The molecule has 0 amide bonds. The van der Waals surface area contributed by atoms with Crippen LogP contribution in [-0.4, -0.2) is 22.9 Å². The Hall–Kier alpha value is -1.81. The Morgan fingerprint density at radius 1 is 0.880 bits per heavy atom. The van der Waals surface area contributed by atoms with Crippen LogP contribution in [0.1, 0.15) is 16.8 Å². The molecule has 2 aromatic carbocycles. The van der Waals surface area contributed by atoms with Crippen molar-refractivity contribution in [3.63, 3.8) is 0 Å². The molecule has 3 nitrogen and oxygen atoms in total. The summed E-state index contributed by atoms with van der Waals surface area (Å²) in [6.45, 7) is 2.73. The van der Waals surface area contributed by atoms with Gasteiger partial charge in [0.15, 0.2) is 0 Å². The van der Waals surface area contributed by atoms with Crippen molar-refractivity contribution in [2.24, 2.45) is 0 Å². The standard InChI is InChI=1S/C20H19Cl2N3/c21-16-5-1-14(2-6-16)13-25-19-10-12-23-11-9-18(19)20(24-25)15-3-7-17(22)8-4-15/h1-8,23H,9-13H2. The second-order valence-electron chi connectivity index (χ2n) is 6.31. The largest absolute Gasteiger partial charge is 0.316 e. The number of aromatic nitrogens is 2. The molecule has 0 fully saturated rings. The lowest BCUT2D eigenvalue weighted by molar-refractivity contribution is 0.628. The summed E-state index contributed by atoms with van der Waals surface area (Å²) in [5.74, 6) is 0. The number of rotatable bonds is 3. The van der Waals surface area contributed by atoms with Gasteiger partial charge in [-0.05, 0) is 42.8 Å². The van der Waals surface area contributed by atoms with E-state index in [1.165, 1.54) is 16.8 Å². The molecule has 1 aliphatic heterocycles. The first-order chi connectivity index (χ1) is 12.2. The highest BCUT2D eigenvalue weighted by Gasteiger charge is 2.20. The lowest BCUT2D eigenvalue weighted by atomic mass is 10.0.